The van der Waals surface area contributed by atoms with Gasteiger partial charge in [-0.15, -0.1) is 0 Å². The van der Waals surface area contributed by atoms with Crippen LogP contribution in [-0.2, 0) is 10.0 Å². The number of pyridine rings is 1. The van der Waals surface area contributed by atoms with Gasteiger partial charge >= 0.3 is 0 Å². The lowest BCUT2D eigenvalue weighted by molar-refractivity contribution is 0.479. The van der Waals surface area contributed by atoms with E-state index in [0.29, 0.717) is 17.1 Å². The van der Waals surface area contributed by atoms with Gasteiger partial charge in [0.1, 0.15) is 11.5 Å². The molecule has 0 atom stereocenters. The fourth-order valence-corrected chi connectivity index (χ4v) is 2.70. The summed E-state index contributed by atoms with van der Waals surface area (Å²) in [7, 11) is -3.71. The Morgan fingerprint density at radius 2 is 1.95 bits per heavy atom. The van der Waals surface area contributed by atoms with Crippen LogP contribution in [0.25, 0.3) is 0 Å². The standard InChI is InChI=1S/C12H11BrN2O3S/c1-8-4-10(2-3-12(8)19(14,16)17)18-11-5-9(13)6-15-7-11/h2-7H,1H3,(H2,14,16,17). The molecule has 0 aliphatic carbocycles. The predicted molar refractivity (Wildman–Crippen MR) is 74.6 cm³/mol. The van der Waals surface area contributed by atoms with E-state index in [1.807, 2.05) is 0 Å². The lowest BCUT2D eigenvalue weighted by atomic mass is 10.2. The van der Waals surface area contributed by atoms with Gasteiger partial charge in [0.15, 0.2) is 0 Å². The zero-order chi connectivity index (χ0) is 14.0. The van der Waals surface area contributed by atoms with E-state index >= 15 is 0 Å². The van der Waals surface area contributed by atoms with Crippen LogP contribution < -0.4 is 9.88 Å². The van der Waals surface area contributed by atoms with Crippen molar-refractivity contribution in [1.29, 1.82) is 0 Å². The van der Waals surface area contributed by atoms with Crippen LogP contribution in [0.5, 0.6) is 11.5 Å². The third-order valence-corrected chi connectivity index (χ3v) is 3.87. The monoisotopic (exact) mass is 342 g/mol. The lowest BCUT2D eigenvalue weighted by Gasteiger charge is -2.08. The Labute approximate surface area is 119 Å². The van der Waals surface area contributed by atoms with Gasteiger partial charge in [0.2, 0.25) is 10.0 Å². The minimum Gasteiger partial charge on any atom is -0.456 e. The van der Waals surface area contributed by atoms with E-state index < -0.39 is 10.0 Å². The van der Waals surface area contributed by atoms with Crippen molar-refractivity contribution in [3.8, 4) is 11.5 Å². The van der Waals surface area contributed by atoms with Gasteiger partial charge in [-0.25, -0.2) is 13.6 Å². The minimum absolute atomic E-state index is 0.0900. The van der Waals surface area contributed by atoms with Gasteiger partial charge in [0.25, 0.3) is 0 Å². The molecule has 0 unspecified atom stereocenters. The van der Waals surface area contributed by atoms with Crippen molar-refractivity contribution < 1.29 is 13.2 Å². The highest BCUT2D eigenvalue weighted by Crippen LogP contribution is 2.26. The van der Waals surface area contributed by atoms with Gasteiger partial charge in [-0.05, 0) is 52.7 Å². The number of halogens is 1. The highest BCUT2D eigenvalue weighted by molar-refractivity contribution is 9.10. The Balaban J connectivity index is 2.31. The summed E-state index contributed by atoms with van der Waals surface area (Å²) in [5.41, 5.74) is 0.531. The number of rotatable bonds is 3. The molecule has 2 rings (SSSR count). The number of nitrogens with zero attached hydrogens (tertiary/aromatic N) is 1. The summed E-state index contributed by atoms with van der Waals surface area (Å²) in [6, 6.07) is 6.34. The van der Waals surface area contributed by atoms with Crippen LogP contribution in [0, 0.1) is 6.92 Å². The molecule has 1 aromatic heterocycles. The fourth-order valence-electron chi connectivity index (χ4n) is 1.59. The zero-order valence-corrected chi connectivity index (χ0v) is 12.4. The third-order valence-electron chi connectivity index (χ3n) is 2.37. The number of primary sulfonamides is 1. The maximum atomic E-state index is 11.3. The normalized spacial score (nSPS) is 11.3. The second kappa shape index (κ2) is 5.28. The molecule has 0 spiro atoms. The molecule has 2 N–H and O–H groups in total. The maximum absolute atomic E-state index is 11.3. The highest BCUT2D eigenvalue weighted by Gasteiger charge is 2.12. The molecule has 19 heavy (non-hydrogen) atoms. The number of aryl methyl sites for hydroxylation is 1. The van der Waals surface area contributed by atoms with Crippen molar-refractivity contribution in [2.75, 3.05) is 0 Å². The molecule has 0 bridgehead atoms. The van der Waals surface area contributed by atoms with Crippen molar-refractivity contribution >= 4 is 26.0 Å². The van der Waals surface area contributed by atoms with E-state index in [1.165, 1.54) is 6.07 Å². The van der Waals surface area contributed by atoms with Crippen molar-refractivity contribution in [3.63, 3.8) is 0 Å². The van der Waals surface area contributed by atoms with Gasteiger partial charge in [-0.2, -0.15) is 0 Å². The van der Waals surface area contributed by atoms with Crippen LogP contribution in [0.3, 0.4) is 0 Å². The van der Waals surface area contributed by atoms with E-state index in [2.05, 4.69) is 20.9 Å². The van der Waals surface area contributed by atoms with E-state index in [0.717, 1.165) is 4.47 Å². The number of sulfonamides is 1. The Bertz CT molecular complexity index is 717. The number of aromatic nitrogens is 1. The maximum Gasteiger partial charge on any atom is 0.238 e. The molecule has 0 aliphatic rings. The highest BCUT2D eigenvalue weighted by atomic mass is 79.9. The molecule has 5 nitrogen and oxygen atoms in total. The summed E-state index contributed by atoms with van der Waals surface area (Å²) >= 11 is 3.29. The van der Waals surface area contributed by atoms with E-state index in [-0.39, 0.29) is 4.90 Å². The first-order valence-electron chi connectivity index (χ1n) is 5.28. The molecule has 0 saturated heterocycles. The SMILES string of the molecule is Cc1cc(Oc2cncc(Br)c2)ccc1S(N)(=O)=O. The van der Waals surface area contributed by atoms with E-state index in [1.54, 1.807) is 37.5 Å². The fraction of sp³-hybridized carbons (Fsp3) is 0.0833. The van der Waals surface area contributed by atoms with Gasteiger partial charge in [-0.3, -0.25) is 4.98 Å². The Morgan fingerprint density at radius 1 is 1.21 bits per heavy atom. The van der Waals surface area contributed by atoms with Crippen LogP contribution >= 0.6 is 15.9 Å². The van der Waals surface area contributed by atoms with Crippen LogP contribution in [0.15, 0.2) is 46.0 Å². The quantitative estimate of drug-likeness (QED) is 0.929. The minimum atomic E-state index is -3.71. The van der Waals surface area contributed by atoms with E-state index in [4.69, 9.17) is 9.88 Å². The first kappa shape index (κ1) is 14.0. The third kappa shape index (κ3) is 3.52. The Hall–Kier alpha value is -1.44. The Kier molecular flexibility index (Phi) is 3.88. The number of nitrogens with two attached hydrogens (primary N) is 1. The molecule has 2 aromatic rings. The van der Waals surface area contributed by atoms with Gasteiger partial charge in [-0.1, -0.05) is 0 Å². The number of benzene rings is 1. The van der Waals surface area contributed by atoms with Gasteiger partial charge in [0.05, 0.1) is 11.1 Å². The largest absolute Gasteiger partial charge is 0.456 e. The number of hydrogen-bond donors (Lipinski definition) is 1. The smallest absolute Gasteiger partial charge is 0.238 e. The van der Waals surface area contributed by atoms with Crippen molar-refractivity contribution in [2.24, 2.45) is 5.14 Å². The molecule has 0 amide bonds. The first-order valence-corrected chi connectivity index (χ1v) is 7.62. The molecular formula is C12H11BrN2O3S. The van der Waals surface area contributed by atoms with Crippen LogP contribution in [0.2, 0.25) is 0 Å². The van der Waals surface area contributed by atoms with Crippen molar-refractivity contribution in [3.05, 3.63) is 46.7 Å². The van der Waals surface area contributed by atoms with Crippen LogP contribution in [-0.4, -0.2) is 13.4 Å². The second-order valence-electron chi connectivity index (χ2n) is 3.91. The molecular weight excluding hydrogens is 332 g/mol. The van der Waals surface area contributed by atoms with Crippen LogP contribution in [0.4, 0.5) is 0 Å². The summed E-state index contributed by atoms with van der Waals surface area (Å²) in [5, 5.41) is 5.10. The van der Waals surface area contributed by atoms with E-state index in [9.17, 15) is 8.42 Å². The zero-order valence-electron chi connectivity index (χ0n) is 10.00. The summed E-state index contributed by atoms with van der Waals surface area (Å²) < 4.78 is 29.0. The molecule has 0 radical (unpaired) electrons. The topological polar surface area (TPSA) is 82.3 Å². The van der Waals surface area contributed by atoms with Gasteiger partial charge in [0, 0.05) is 10.7 Å². The molecule has 100 valence electrons. The van der Waals surface area contributed by atoms with Crippen molar-refractivity contribution in [1.82, 2.24) is 4.98 Å². The number of hydrogen-bond acceptors (Lipinski definition) is 4. The Morgan fingerprint density at radius 3 is 2.53 bits per heavy atom. The average molecular weight is 343 g/mol. The molecule has 0 fully saturated rings. The molecule has 1 aromatic carbocycles. The molecule has 7 heteroatoms. The van der Waals surface area contributed by atoms with Gasteiger partial charge < -0.3 is 4.74 Å². The summed E-state index contributed by atoms with van der Waals surface area (Å²) in [5.74, 6) is 1.07. The number of ether oxygens (including phenoxy) is 1. The first-order chi connectivity index (χ1) is 8.86. The van der Waals surface area contributed by atoms with Crippen LogP contribution in [0.1, 0.15) is 5.56 Å². The lowest BCUT2D eigenvalue weighted by Crippen LogP contribution is -2.13. The van der Waals surface area contributed by atoms with Crippen molar-refractivity contribution in [2.45, 2.75) is 11.8 Å². The molecule has 1 heterocycles. The molecule has 0 saturated carbocycles. The predicted octanol–water partition coefficient (Wildman–Crippen LogP) is 2.59. The average Bonchev–Trinajstić information content (AvgIpc) is 2.27. The molecule has 0 aliphatic heterocycles. The summed E-state index contributed by atoms with van der Waals surface area (Å²) in [4.78, 5) is 4.06. The summed E-state index contributed by atoms with van der Waals surface area (Å²) in [6.45, 7) is 1.66. The second-order valence-corrected chi connectivity index (χ2v) is 6.36. The summed E-state index contributed by atoms with van der Waals surface area (Å²) in [6.07, 6.45) is 3.20.